The van der Waals surface area contributed by atoms with E-state index in [1.807, 2.05) is 12.3 Å². The van der Waals surface area contributed by atoms with Crippen molar-refractivity contribution in [3.8, 4) is 5.75 Å². The number of carbonyl (C=O) groups is 1. The largest absolute Gasteiger partial charge is 0.416 e. The van der Waals surface area contributed by atoms with Crippen LogP contribution in [0.3, 0.4) is 0 Å². The van der Waals surface area contributed by atoms with Crippen LogP contribution in [0.1, 0.15) is 25.4 Å². The molecule has 0 aliphatic carbocycles. The van der Waals surface area contributed by atoms with Crippen LogP contribution in [0.2, 0.25) is 0 Å². The number of hydrogen-bond acceptors (Lipinski definition) is 5. The van der Waals surface area contributed by atoms with Gasteiger partial charge < -0.3 is 4.74 Å². The number of piperidine rings is 1. The molecule has 1 aliphatic heterocycles. The van der Waals surface area contributed by atoms with Gasteiger partial charge in [0, 0.05) is 31.1 Å². The molecule has 3 rings (SSSR count). The van der Waals surface area contributed by atoms with Gasteiger partial charge in [-0.05, 0) is 37.5 Å². The lowest BCUT2D eigenvalue weighted by Gasteiger charge is -2.34. The van der Waals surface area contributed by atoms with Gasteiger partial charge in [-0.1, -0.05) is 0 Å². The summed E-state index contributed by atoms with van der Waals surface area (Å²) >= 11 is 0. The van der Waals surface area contributed by atoms with Gasteiger partial charge in [0.15, 0.2) is 0 Å². The van der Waals surface area contributed by atoms with Crippen molar-refractivity contribution >= 4 is 11.8 Å². The van der Waals surface area contributed by atoms with Crippen molar-refractivity contribution in [2.24, 2.45) is 0 Å². The molecule has 0 saturated carbocycles. The molecular weight excluding hydrogens is 300 g/mol. The molecule has 1 saturated heterocycles. The number of carbonyl (C=O) groups excluding carboxylic acids is 1. The Bertz CT molecular complexity index is 684. The molecule has 1 aliphatic rings. The molecule has 1 amide bonds. The minimum absolute atomic E-state index is 0.0443. The number of nitro groups is 1. The monoisotopic (exact) mass is 316 g/mol. The van der Waals surface area contributed by atoms with Crippen LogP contribution in [-0.4, -0.2) is 32.2 Å². The molecule has 0 N–H and O–H groups in total. The number of rotatable bonds is 3. The van der Waals surface area contributed by atoms with Gasteiger partial charge >= 0.3 is 6.09 Å². The summed E-state index contributed by atoms with van der Waals surface area (Å²) < 4.78 is 7.09. The first-order valence-electron chi connectivity index (χ1n) is 7.37. The first-order valence-corrected chi connectivity index (χ1v) is 7.37. The van der Waals surface area contributed by atoms with E-state index in [1.165, 1.54) is 24.3 Å². The molecule has 23 heavy (non-hydrogen) atoms. The Labute approximate surface area is 132 Å². The minimum Gasteiger partial charge on any atom is -0.410 e. The Morgan fingerprint density at radius 3 is 2.74 bits per heavy atom. The van der Waals surface area contributed by atoms with E-state index >= 15 is 0 Å². The Morgan fingerprint density at radius 2 is 2.09 bits per heavy atom. The van der Waals surface area contributed by atoms with Crippen LogP contribution in [0, 0.1) is 10.1 Å². The summed E-state index contributed by atoms with van der Waals surface area (Å²) in [6.45, 7) is 0.594. The van der Waals surface area contributed by atoms with Gasteiger partial charge in [-0.25, -0.2) is 9.48 Å². The third-order valence-electron chi connectivity index (χ3n) is 3.79. The normalized spacial score (nSPS) is 17.7. The summed E-state index contributed by atoms with van der Waals surface area (Å²) in [5, 5.41) is 14.8. The zero-order chi connectivity index (χ0) is 16.2. The summed E-state index contributed by atoms with van der Waals surface area (Å²) in [5.41, 5.74) is -0.0443. The molecule has 1 atom stereocenters. The zero-order valence-corrected chi connectivity index (χ0v) is 12.4. The van der Waals surface area contributed by atoms with Crippen molar-refractivity contribution in [1.29, 1.82) is 0 Å². The van der Waals surface area contributed by atoms with E-state index in [-0.39, 0.29) is 17.6 Å². The fourth-order valence-electron chi connectivity index (χ4n) is 2.65. The van der Waals surface area contributed by atoms with Crippen LogP contribution in [0.25, 0.3) is 0 Å². The van der Waals surface area contributed by atoms with E-state index < -0.39 is 11.0 Å². The van der Waals surface area contributed by atoms with Crippen LogP contribution < -0.4 is 4.74 Å². The van der Waals surface area contributed by atoms with Crippen molar-refractivity contribution in [3.63, 3.8) is 0 Å². The van der Waals surface area contributed by atoms with E-state index in [0.29, 0.717) is 6.54 Å². The molecule has 8 nitrogen and oxygen atoms in total. The Balaban J connectivity index is 1.72. The fraction of sp³-hybridized carbons (Fsp3) is 0.333. The third-order valence-corrected chi connectivity index (χ3v) is 3.79. The van der Waals surface area contributed by atoms with Crippen molar-refractivity contribution < 1.29 is 14.5 Å². The second kappa shape index (κ2) is 6.47. The number of benzene rings is 1. The molecule has 120 valence electrons. The highest BCUT2D eigenvalue weighted by Gasteiger charge is 2.29. The second-order valence-corrected chi connectivity index (χ2v) is 5.27. The van der Waals surface area contributed by atoms with Crippen molar-refractivity contribution in [1.82, 2.24) is 14.7 Å². The molecular formula is C15H16N4O4. The quantitative estimate of drug-likeness (QED) is 0.641. The highest BCUT2D eigenvalue weighted by atomic mass is 16.6. The summed E-state index contributed by atoms with van der Waals surface area (Å²) in [6.07, 6.45) is 5.61. The topological polar surface area (TPSA) is 90.5 Å². The van der Waals surface area contributed by atoms with Gasteiger partial charge in [0.05, 0.1) is 4.92 Å². The molecule has 1 aromatic carbocycles. The van der Waals surface area contributed by atoms with E-state index in [0.717, 1.165) is 19.3 Å². The van der Waals surface area contributed by atoms with E-state index in [2.05, 4.69) is 5.10 Å². The third kappa shape index (κ3) is 3.31. The van der Waals surface area contributed by atoms with Gasteiger partial charge in [-0.2, -0.15) is 5.10 Å². The van der Waals surface area contributed by atoms with E-state index in [1.54, 1.807) is 15.8 Å². The average molecular weight is 316 g/mol. The second-order valence-electron chi connectivity index (χ2n) is 5.27. The lowest BCUT2D eigenvalue weighted by Crippen LogP contribution is -2.42. The van der Waals surface area contributed by atoms with Crippen LogP contribution in [-0.2, 0) is 0 Å². The maximum absolute atomic E-state index is 12.4. The predicted octanol–water partition coefficient (Wildman–Crippen LogP) is 2.97. The van der Waals surface area contributed by atoms with Gasteiger partial charge in [0.2, 0.25) is 0 Å². The number of nitrogens with zero attached hydrogens (tertiary/aromatic N) is 4. The van der Waals surface area contributed by atoms with Crippen LogP contribution in [0.4, 0.5) is 10.5 Å². The molecule has 0 radical (unpaired) electrons. The SMILES string of the molecule is O=C(Oc1ccc([N+](=O)[O-])cc1)N1CCCCC1n1cccn1. The molecule has 0 bridgehead atoms. The first-order chi connectivity index (χ1) is 11.1. The van der Waals surface area contributed by atoms with Crippen LogP contribution >= 0.6 is 0 Å². The van der Waals surface area contributed by atoms with Crippen molar-refractivity contribution in [2.75, 3.05) is 6.54 Å². The van der Waals surface area contributed by atoms with Crippen molar-refractivity contribution in [3.05, 3.63) is 52.8 Å². The molecule has 8 heteroatoms. The van der Waals surface area contributed by atoms with Crippen LogP contribution in [0.15, 0.2) is 42.7 Å². The Morgan fingerprint density at radius 1 is 1.30 bits per heavy atom. The Kier molecular flexibility index (Phi) is 4.22. The van der Waals surface area contributed by atoms with Gasteiger partial charge in [-0.3, -0.25) is 15.0 Å². The van der Waals surface area contributed by atoms with Gasteiger partial charge in [0.25, 0.3) is 5.69 Å². The zero-order valence-electron chi connectivity index (χ0n) is 12.4. The van der Waals surface area contributed by atoms with Gasteiger partial charge in [0.1, 0.15) is 11.9 Å². The minimum atomic E-state index is -0.496. The number of hydrogen-bond donors (Lipinski definition) is 0. The summed E-state index contributed by atoms with van der Waals surface area (Å²) in [6, 6.07) is 7.27. The lowest BCUT2D eigenvalue weighted by molar-refractivity contribution is -0.384. The summed E-state index contributed by atoms with van der Waals surface area (Å²) in [4.78, 5) is 24.2. The average Bonchev–Trinajstić information content (AvgIpc) is 3.09. The highest BCUT2D eigenvalue weighted by molar-refractivity contribution is 5.71. The number of likely N-dealkylation sites (tertiary alicyclic amines) is 1. The molecule has 1 aromatic heterocycles. The maximum atomic E-state index is 12.4. The molecule has 2 aromatic rings. The molecule has 1 unspecified atom stereocenters. The van der Waals surface area contributed by atoms with E-state index in [9.17, 15) is 14.9 Å². The molecule has 1 fully saturated rings. The number of nitro benzene ring substituents is 1. The number of non-ortho nitro benzene ring substituents is 1. The van der Waals surface area contributed by atoms with E-state index in [4.69, 9.17) is 4.74 Å². The van der Waals surface area contributed by atoms with Gasteiger partial charge in [-0.15, -0.1) is 0 Å². The summed E-state index contributed by atoms with van der Waals surface area (Å²) in [5.74, 6) is 0.283. The molecule has 0 spiro atoms. The predicted molar refractivity (Wildman–Crippen MR) is 80.9 cm³/mol. The summed E-state index contributed by atoms with van der Waals surface area (Å²) in [7, 11) is 0. The number of amides is 1. The first kappa shape index (κ1) is 15.0. The standard InChI is InChI=1S/C15H16N4O4/c20-15(23-13-7-5-12(6-8-13)19(21)22)17-10-2-1-4-14(17)18-11-3-9-16-18/h3,5-9,11,14H,1-2,4,10H2. The van der Waals surface area contributed by atoms with Crippen LogP contribution in [0.5, 0.6) is 5.75 Å². The molecule has 2 heterocycles. The van der Waals surface area contributed by atoms with Crippen molar-refractivity contribution in [2.45, 2.75) is 25.4 Å². The fourth-order valence-corrected chi connectivity index (χ4v) is 2.65. The smallest absolute Gasteiger partial charge is 0.410 e. The highest BCUT2D eigenvalue weighted by Crippen LogP contribution is 2.27. The Hall–Kier alpha value is -2.90. The lowest BCUT2D eigenvalue weighted by atomic mass is 10.1. The number of ether oxygens (including phenoxy) is 1. The number of aromatic nitrogens is 2. The maximum Gasteiger partial charge on any atom is 0.416 e.